The molecule has 0 amide bonds. The number of hydrogen-bond acceptors (Lipinski definition) is 3. The maximum Gasteiger partial charge on any atom is 0.403 e. The van der Waals surface area contributed by atoms with Gasteiger partial charge in [-0.25, -0.2) is 13.2 Å². The second kappa shape index (κ2) is 4.84. The second-order valence-corrected chi connectivity index (χ2v) is 6.05. The van der Waals surface area contributed by atoms with Crippen molar-refractivity contribution in [3.05, 3.63) is 28.8 Å². The molecule has 0 atom stereocenters. The van der Waals surface area contributed by atoms with Gasteiger partial charge in [0.05, 0.1) is 10.5 Å². The molecule has 0 unspecified atom stereocenters. The van der Waals surface area contributed by atoms with Gasteiger partial charge in [-0.3, -0.25) is 0 Å². The van der Waals surface area contributed by atoms with Gasteiger partial charge in [-0.2, -0.15) is 13.2 Å². The molecular formula is C11H11F3O4S. The molecule has 0 aliphatic rings. The summed E-state index contributed by atoms with van der Waals surface area (Å²) in [5, 5.41) is 8.81. The second-order valence-electron chi connectivity index (χ2n) is 4.10. The maximum atomic E-state index is 12.2. The molecule has 0 bridgehead atoms. The lowest BCUT2D eigenvalue weighted by molar-refractivity contribution is -0.106. The predicted octanol–water partition coefficient (Wildman–Crippen LogP) is 2.34. The van der Waals surface area contributed by atoms with Gasteiger partial charge in [-0.1, -0.05) is 0 Å². The molecule has 0 aliphatic carbocycles. The average molecular weight is 296 g/mol. The first kappa shape index (κ1) is 15.5. The molecule has 8 heteroatoms. The van der Waals surface area contributed by atoms with E-state index in [0.29, 0.717) is 5.56 Å². The number of sulfone groups is 1. The Balaban J connectivity index is 3.46. The molecule has 0 aromatic heterocycles. The largest absolute Gasteiger partial charge is 0.478 e. The van der Waals surface area contributed by atoms with E-state index in [4.69, 9.17) is 5.11 Å². The first-order valence-electron chi connectivity index (χ1n) is 5.08. The maximum absolute atomic E-state index is 12.2. The van der Waals surface area contributed by atoms with E-state index in [0.717, 1.165) is 6.07 Å². The number of aromatic carboxylic acids is 1. The van der Waals surface area contributed by atoms with Gasteiger partial charge < -0.3 is 5.11 Å². The summed E-state index contributed by atoms with van der Waals surface area (Å²) in [4.78, 5) is 10.2. The lowest BCUT2D eigenvalue weighted by Crippen LogP contribution is -2.24. The molecule has 106 valence electrons. The van der Waals surface area contributed by atoms with Gasteiger partial charge in [0.1, 0.15) is 0 Å². The molecule has 0 heterocycles. The van der Waals surface area contributed by atoms with Crippen LogP contribution in [0.2, 0.25) is 0 Å². The van der Waals surface area contributed by atoms with Gasteiger partial charge in [0.2, 0.25) is 0 Å². The molecule has 0 aliphatic heterocycles. The van der Waals surface area contributed by atoms with Crippen molar-refractivity contribution in [3.8, 4) is 0 Å². The van der Waals surface area contributed by atoms with E-state index in [1.807, 2.05) is 0 Å². The fraction of sp³-hybridized carbons (Fsp3) is 0.364. The van der Waals surface area contributed by atoms with E-state index >= 15 is 0 Å². The zero-order valence-corrected chi connectivity index (χ0v) is 10.9. The van der Waals surface area contributed by atoms with Crippen LogP contribution in [0.5, 0.6) is 0 Å². The summed E-state index contributed by atoms with van der Waals surface area (Å²) in [7, 11) is -4.62. The Bertz CT molecular complexity index is 618. The minimum absolute atomic E-state index is 0.120. The molecular weight excluding hydrogens is 285 g/mol. The molecule has 4 nitrogen and oxygen atoms in total. The Kier molecular flexibility index (Phi) is 3.94. The summed E-state index contributed by atoms with van der Waals surface area (Å²) in [6, 6.07) is 1.97. The Morgan fingerprint density at radius 3 is 2.21 bits per heavy atom. The van der Waals surface area contributed by atoms with E-state index in [1.165, 1.54) is 19.9 Å². The van der Waals surface area contributed by atoms with Crippen molar-refractivity contribution in [2.75, 3.05) is 5.75 Å². The molecule has 1 aromatic carbocycles. The van der Waals surface area contributed by atoms with E-state index in [1.54, 1.807) is 0 Å². The fourth-order valence-corrected chi connectivity index (χ4v) is 3.09. The quantitative estimate of drug-likeness (QED) is 0.929. The van der Waals surface area contributed by atoms with Crippen LogP contribution in [0, 0.1) is 13.8 Å². The number of aryl methyl sites for hydroxylation is 1. The molecule has 0 fully saturated rings. The van der Waals surface area contributed by atoms with Gasteiger partial charge in [-0.15, -0.1) is 0 Å². The highest BCUT2D eigenvalue weighted by Gasteiger charge is 2.37. The normalized spacial score (nSPS) is 12.5. The Hall–Kier alpha value is -1.57. The molecule has 19 heavy (non-hydrogen) atoms. The number of benzene rings is 1. The van der Waals surface area contributed by atoms with Crippen LogP contribution < -0.4 is 0 Å². The lowest BCUT2D eigenvalue weighted by atomic mass is 10.1. The number of halogens is 3. The first-order valence-corrected chi connectivity index (χ1v) is 6.73. The summed E-state index contributed by atoms with van der Waals surface area (Å²) >= 11 is 0. The van der Waals surface area contributed by atoms with Crippen molar-refractivity contribution < 1.29 is 31.5 Å². The smallest absolute Gasteiger partial charge is 0.403 e. The highest BCUT2D eigenvalue weighted by Crippen LogP contribution is 2.27. The van der Waals surface area contributed by atoms with Gasteiger partial charge in [0, 0.05) is 0 Å². The SMILES string of the molecule is Cc1cc(C(=O)O)cc(S(=O)(=O)CC(F)(F)F)c1C. The third-order valence-corrected chi connectivity index (χ3v) is 4.36. The Labute approximate surface area is 107 Å². The first-order chi connectivity index (χ1) is 8.44. The number of rotatable bonds is 3. The number of carboxylic acid groups (broad SMARTS) is 1. The summed E-state index contributed by atoms with van der Waals surface area (Å²) in [6.45, 7) is 2.78. The van der Waals surface area contributed by atoms with Crippen molar-refractivity contribution in [1.29, 1.82) is 0 Å². The predicted molar refractivity (Wildman–Crippen MR) is 61.0 cm³/mol. The van der Waals surface area contributed by atoms with Crippen molar-refractivity contribution in [3.63, 3.8) is 0 Å². The molecule has 0 saturated carbocycles. The molecule has 1 aromatic rings. The van der Waals surface area contributed by atoms with Crippen LogP contribution in [0.3, 0.4) is 0 Å². The monoisotopic (exact) mass is 296 g/mol. The summed E-state index contributed by atoms with van der Waals surface area (Å²) in [5.74, 6) is -3.41. The van der Waals surface area contributed by atoms with Crippen LogP contribution in [0.25, 0.3) is 0 Å². The van der Waals surface area contributed by atoms with Gasteiger partial charge in [0.15, 0.2) is 15.6 Å². The van der Waals surface area contributed by atoms with Crippen LogP contribution in [-0.4, -0.2) is 31.4 Å². The Morgan fingerprint density at radius 2 is 1.79 bits per heavy atom. The Morgan fingerprint density at radius 1 is 1.26 bits per heavy atom. The number of carboxylic acids is 1. The molecule has 0 saturated heterocycles. The molecule has 0 radical (unpaired) electrons. The lowest BCUT2D eigenvalue weighted by Gasteiger charge is -2.12. The third-order valence-electron chi connectivity index (χ3n) is 2.56. The topological polar surface area (TPSA) is 71.4 Å². The van der Waals surface area contributed by atoms with Crippen molar-refractivity contribution in [2.24, 2.45) is 0 Å². The highest BCUT2D eigenvalue weighted by molar-refractivity contribution is 7.91. The minimum Gasteiger partial charge on any atom is -0.478 e. The van der Waals surface area contributed by atoms with Gasteiger partial charge in [0.25, 0.3) is 0 Å². The third kappa shape index (κ3) is 3.69. The number of carbonyl (C=O) groups is 1. The number of alkyl halides is 3. The highest BCUT2D eigenvalue weighted by atomic mass is 32.2. The van der Waals surface area contributed by atoms with Crippen LogP contribution in [0.15, 0.2) is 17.0 Å². The number of hydrogen-bond donors (Lipinski definition) is 1. The van der Waals surface area contributed by atoms with Crippen molar-refractivity contribution >= 4 is 15.8 Å². The van der Waals surface area contributed by atoms with E-state index in [9.17, 15) is 26.4 Å². The zero-order valence-electron chi connectivity index (χ0n) is 10.1. The van der Waals surface area contributed by atoms with Crippen molar-refractivity contribution in [2.45, 2.75) is 24.9 Å². The summed E-state index contributed by atoms with van der Waals surface area (Å²) in [5.41, 5.74) is 0.0683. The van der Waals surface area contributed by atoms with Gasteiger partial charge >= 0.3 is 12.1 Å². The zero-order chi connectivity index (χ0) is 15.0. The molecule has 1 rings (SSSR count). The van der Waals surface area contributed by atoms with E-state index < -0.39 is 32.6 Å². The fourth-order valence-electron chi connectivity index (χ4n) is 1.57. The van der Waals surface area contributed by atoms with Crippen LogP contribution in [0.1, 0.15) is 21.5 Å². The van der Waals surface area contributed by atoms with Crippen LogP contribution in [0.4, 0.5) is 13.2 Å². The van der Waals surface area contributed by atoms with E-state index in [-0.39, 0.29) is 11.1 Å². The van der Waals surface area contributed by atoms with Crippen molar-refractivity contribution in [1.82, 2.24) is 0 Å². The van der Waals surface area contributed by atoms with Gasteiger partial charge in [-0.05, 0) is 37.1 Å². The molecule has 1 N–H and O–H groups in total. The standard InChI is InChI=1S/C11H11F3O4S/c1-6-3-8(10(15)16)4-9(7(6)2)19(17,18)5-11(12,13)14/h3-4H,5H2,1-2H3,(H,15,16). The summed E-state index contributed by atoms with van der Waals surface area (Å²) < 4.78 is 60.1. The van der Waals surface area contributed by atoms with Crippen LogP contribution >= 0.6 is 0 Å². The van der Waals surface area contributed by atoms with E-state index in [2.05, 4.69) is 0 Å². The summed E-state index contributed by atoms with van der Waals surface area (Å²) in [6.07, 6.45) is -4.88. The van der Waals surface area contributed by atoms with Crippen LogP contribution in [-0.2, 0) is 9.84 Å². The minimum atomic E-state index is -4.88. The molecule has 0 spiro atoms. The average Bonchev–Trinajstić information content (AvgIpc) is 2.17.